The minimum absolute atomic E-state index is 0.0186. The number of nitrogens with one attached hydrogen (secondary N) is 1. The molecule has 3 amide bonds. The number of carbonyl (C=O) groups excluding carboxylic acids is 3. The highest BCUT2D eigenvalue weighted by molar-refractivity contribution is 5.96. The third-order valence-corrected chi connectivity index (χ3v) is 5.67. The average Bonchev–Trinajstić information content (AvgIpc) is 2.90. The van der Waals surface area contributed by atoms with E-state index in [0.29, 0.717) is 35.4 Å². The Morgan fingerprint density at radius 3 is 1.79 bits per heavy atom. The molecule has 0 radical (unpaired) electrons. The molecule has 10 heteroatoms. The van der Waals surface area contributed by atoms with Crippen molar-refractivity contribution >= 4 is 24.1 Å². The molecule has 0 heterocycles. The smallest absolute Gasteiger partial charge is 0.420 e. The molecular formula is C28H37N3O7. The molecule has 0 bridgehead atoms. The molecule has 38 heavy (non-hydrogen) atoms. The van der Waals surface area contributed by atoms with Crippen molar-refractivity contribution in [2.75, 3.05) is 6.54 Å². The molecule has 0 saturated heterocycles. The summed E-state index contributed by atoms with van der Waals surface area (Å²) in [5, 5.41) is 12.1. The van der Waals surface area contributed by atoms with Crippen LogP contribution in [0.15, 0.2) is 60.7 Å². The van der Waals surface area contributed by atoms with E-state index in [-0.39, 0.29) is 32.0 Å². The van der Waals surface area contributed by atoms with Gasteiger partial charge in [-0.05, 0) is 49.3 Å². The summed E-state index contributed by atoms with van der Waals surface area (Å²) >= 11 is 0. The predicted molar refractivity (Wildman–Crippen MR) is 141 cm³/mol. The third kappa shape index (κ3) is 10.2. The molecule has 0 aliphatic heterocycles. The van der Waals surface area contributed by atoms with Crippen molar-refractivity contribution in [3.63, 3.8) is 0 Å². The molecule has 2 atom stereocenters. The number of aliphatic carboxylic acids is 1. The maximum Gasteiger partial charge on any atom is 0.420 e. The highest BCUT2D eigenvalue weighted by atomic mass is 16.6. The van der Waals surface area contributed by atoms with E-state index < -0.39 is 36.1 Å². The molecule has 0 fully saturated rings. The van der Waals surface area contributed by atoms with Crippen molar-refractivity contribution < 1.29 is 33.8 Å². The van der Waals surface area contributed by atoms with E-state index in [1.165, 1.54) is 0 Å². The molecule has 2 aromatic carbocycles. The third-order valence-electron chi connectivity index (χ3n) is 5.67. The van der Waals surface area contributed by atoms with Gasteiger partial charge in [0.2, 0.25) is 5.91 Å². The summed E-state index contributed by atoms with van der Waals surface area (Å²) in [6.07, 6.45) is -0.980. The number of carboxylic acids is 1. The van der Waals surface area contributed by atoms with E-state index >= 15 is 0 Å². The Kier molecular flexibility index (Phi) is 12.8. The molecule has 2 aromatic rings. The number of imide groups is 1. The Labute approximate surface area is 223 Å². The van der Waals surface area contributed by atoms with Crippen LogP contribution in [0.1, 0.15) is 50.7 Å². The van der Waals surface area contributed by atoms with Crippen LogP contribution < -0.4 is 11.1 Å². The quantitative estimate of drug-likeness (QED) is 0.311. The van der Waals surface area contributed by atoms with Crippen molar-refractivity contribution in [2.45, 2.75) is 64.8 Å². The van der Waals surface area contributed by atoms with Gasteiger partial charge in [0.1, 0.15) is 25.3 Å². The molecule has 0 saturated carbocycles. The van der Waals surface area contributed by atoms with Gasteiger partial charge in [0, 0.05) is 0 Å². The number of ether oxygens (including phenoxy) is 2. The lowest BCUT2D eigenvalue weighted by atomic mass is 10.0. The number of benzene rings is 2. The number of amides is 3. The van der Waals surface area contributed by atoms with Gasteiger partial charge in [-0.3, -0.25) is 4.79 Å². The van der Waals surface area contributed by atoms with E-state index in [4.69, 9.17) is 15.2 Å². The number of nitrogens with two attached hydrogens (primary N) is 1. The van der Waals surface area contributed by atoms with Crippen LogP contribution in [0.2, 0.25) is 0 Å². The fraction of sp³-hybridized carbons (Fsp3) is 0.429. The number of unbranched alkanes of at least 4 members (excludes halogenated alkanes) is 1. The lowest BCUT2D eigenvalue weighted by Gasteiger charge is -2.29. The maximum absolute atomic E-state index is 13.4. The van der Waals surface area contributed by atoms with Crippen molar-refractivity contribution in [1.82, 2.24) is 10.2 Å². The second-order valence-electron chi connectivity index (χ2n) is 9.28. The maximum atomic E-state index is 13.4. The normalized spacial score (nSPS) is 12.3. The van der Waals surface area contributed by atoms with E-state index in [9.17, 15) is 24.3 Å². The van der Waals surface area contributed by atoms with E-state index in [2.05, 4.69) is 5.32 Å². The van der Waals surface area contributed by atoms with Gasteiger partial charge < -0.3 is 25.6 Å². The number of hydrogen-bond donors (Lipinski definition) is 3. The standard InChI is InChI=1S/C28H37N3O7/c1-20(2)17-23(26(33)34)30-25(32)24(15-9-10-16-29)31(27(35)37-18-21-11-5-3-6-12-21)28(36)38-19-22-13-7-4-8-14-22/h3-8,11-14,20,23-24H,9-10,15-19,29H2,1-2H3,(H,30,32)(H,33,34)/t23-,24+/m1/s1. The Bertz CT molecular complexity index is 976. The number of hydrogen-bond acceptors (Lipinski definition) is 7. The highest BCUT2D eigenvalue weighted by Gasteiger charge is 2.38. The van der Waals surface area contributed by atoms with Crippen molar-refractivity contribution in [3.05, 3.63) is 71.8 Å². The van der Waals surface area contributed by atoms with Gasteiger partial charge in [0.05, 0.1) is 0 Å². The van der Waals surface area contributed by atoms with Gasteiger partial charge in [-0.1, -0.05) is 74.5 Å². The second kappa shape index (κ2) is 16.0. The Balaban J connectivity index is 2.31. The molecule has 206 valence electrons. The Morgan fingerprint density at radius 1 is 0.868 bits per heavy atom. The first kappa shape index (κ1) is 30.3. The monoisotopic (exact) mass is 527 g/mol. The van der Waals surface area contributed by atoms with Gasteiger partial charge >= 0.3 is 18.2 Å². The first-order valence-corrected chi connectivity index (χ1v) is 12.7. The summed E-state index contributed by atoms with van der Waals surface area (Å²) < 4.78 is 10.8. The number of carbonyl (C=O) groups is 4. The number of nitrogens with zero attached hydrogens (tertiary/aromatic N) is 1. The summed E-state index contributed by atoms with van der Waals surface area (Å²) in [7, 11) is 0. The van der Waals surface area contributed by atoms with Gasteiger partial charge in [-0.2, -0.15) is 4.90 Å². The predicted octanol–water partition coefficient (Wildman–Crippen LogP) is 4.08. The first-order chi connectivity index (χ1) is 18.2. The number of carboxylic acid groups (broad SMARTS) is 1. The summed E-state index contributed by atoms with van der Waals surface area (Å²) in [4.78, 5) is 52.2. The first-order valence-electron chi connectivity index (χ1n) is 12.7. The fourth-order valence-corrected chi connectivity index (χ4v) is 3.73. The van der Waals surface area contributed by atoms with Gasteiger partial charge in [-0.25, -0.2) is 14.4 Å². The molecule has 10 nitrogen and oxygen atoms in total. The average molecular weight is 528 g/mol. The van der Waals surface area contributed by atoms with Crippen LogP contribution in [-0.2, 0) is 32.3 Å². The zero-order valence-corrected chi connectivity index (χ0v) is 21.9. The molecule has 0 aliphatic carbocycles. The van der Waals surface area contributed by atoms with E-state index in [1.54, 1.807) is 48.5 Å². The van der Waals surface area contributed by atoms with Crippen LogP contribution in [0.3, 0.4) is 0 Å². The van der Waals surface area contributed by atoms with Crippen molar-refractivity contribution in [1.29, 1.82) is 0 Å². The van der Waals surface area contributed by atoms with Crippen LogP contribution in [-0.4, -0.2) is 52.7 Å². The van der Waals surface area contributed by atoms with Crippen molar-refractivity contribution in [3.8, 4) is 0 Å². The van der Waals surface area contributed by atoms with Gasteiger partial charge in [-0.15, -0.1) is 0 Å². The molecule has 2 rings (SSSR count). The lowest BCUT2D eigenvalue weighted by Crippen LogP contribution is -2.55. The molecule has 0 aromatic heterocycles. The highest BCUT2D eigenvalue weighted by Crippen LogP contribution is 2.17. The van der Waals surface area contributed by atoms with Crippen molar-refractivity contribution in [2.24, 2.45) is 11.7 Å². The summed E-state index contributed by atoms with van der Waals surface area (Å²) in [5.41, 5.74) is 6.98. The molecule has 4 N–H and O–H groups in total. The van der Waals surface area contributed by atoms with Crippen LogP contribution in [0.25, 0.3) is 0 Å². The summed E-state index contributed by atoms with van der Waals surface area (Å²) in [6, 6.07) is 15.2. The van der Waals surface area contributed by atoms with Crippen LogP contribution in [0.5, 0.6) is 0 Å². The largest absolute Gasteiger partial charge is 0.480 e. The minimum atomic E-state index is -1.36. The molecule has 0 spiro atoms. The summed E-state index contributed by atoms with van der Waals surface area (Å²) in [5.74, 6) is -2.02. The van der Waals surface area contributed by atoms with Crippen LogP contribution in [0, 0.1) is 5.92 Å². The topological polar surface area (TPSA) is 148 Å². The zero-order valence-electron chi connectivity index (χ0n) is 21.9. The lowest BCUT2D eigenvalue weighted by molar-refractivity contribution is -0.143. The summed E-state index contributed by atoms with van der Waals surface area (Å²) in [6.45, 7) is 3.73. The second-order valence-corrected chi connectivity index (χ2v) is 9.28. The molecule has 0 aliphatic rings. The Morgan fingerprint density at radius 2 is 1.37 bits per heavy atom. The van der Waals surface area contributed by atoms with Crippen LogP contribution in [0.4, 0.5) is 9.59 Å². The molecule has 0 unspecified atom stereocenters. The van der Waals surface area contributed by atoms with E-state index in [1.807, 2.05) is 26.0 Å². The van der Waals surface area contributed by atoms with Gasteiger partial charge in [0.25, 0.3) is 0 Å². The SMILES string of the molecule is CC(C)C[C@@H](NC(=O)[C@H](CCCCN)N(C(=O)OCc1ccccc1)C(=O)OCc1ccccc1)C(=O)O. The number of rotatable bonds is 14. The minimum Gasteiger partial charge on any atom is -0.480 e. The Hall–Kier alpha value is -3.92. The van der Waals surface area contributed by atoms with E-state index in [0.717, 1.165) is 0 Å². The molecular weight excluding hydrogens is 490 g/mol. The van der Waals surface area contributed by atoms with Gasteiger partial charge in [0.15, 0.2) is 0 Å². The zero-order chi connectivity index (χ0) is 27.9. The van der Waals surface area contributed by atoms with Crippen LogP contribution >= 0.6 is 0 Å². The fourth-order valence-electron chi connectivity index (χ4n) is 3.73.